The van der Waals surface area contributed by atoms with Gasteiger partial charge in [0.1, 0.15) is 0 Å². The minimum Gasteiger partial charge on any atom is -0.275 e. The monoisotopic (exact) mass is 235 g/mol. The Balaban J connectivity index is 2.24. The molecule has 0 aromatic heterocycles. The van der Waals surface area contributed by atoms with Gasteiger partial charge in [-0.05, 0) is 39.0 Å². The maximum absolute atomic E-state index is 11.3. The summed E-state index contributed by atoms with van der Waals surface area (Å²) < 4.78 is 0. The highest BCUT2D eigenvalue weighted by atomic mass is 16.2. The largest absolute Gasteiger partial charge is 0.275 e. The quantitative estimate of drug-likeness (QED) is 0.524. The molecule has 0 aliphatic carbocycles. The van der Waals surface area contributed by atoms with Gasteiger partial charge in [-0.25, -0.2) is 0 Å². The minimum absolute atomic E-state index is 0.175. The molecule has 1 rings (SSSR count). The third-order valence-corrected chi connectivity index (χ3v) is 2.96. The fourth-order valence-electron chi connectivity index (χ4n) is 1.80. The van der Waals surface area contributed by atoms with Crippen LogP contribution in [0.15, 0.2) is 23.8 Å². The van der Waals surface area contributed by atoms with Crippen molar-refractivity contribution in [3.8, 4) is 0 Å². The number of amides is 2. The Bertz CT molecular complexity index is 333. The number of hydrogen-bond acceptors (Lipinski definition) is 2. The van der Waals surface area contributed by atoms with Gasteiger partial charge in [0.05, 0.1) is 0 Å². The van der Waals surface area contributed by atoms with Gasteiger partial charge in [-0.1, -0.05) is 18.6 Å². The van der Waals surface area contributed by atoms with Crippen LogP contribution in [0, 0.1) is 5.92 Å². The lowest BCUT2D eigenvalue weighted by molar-refractivity contribution is -0.136. The van der Waals surface area contributed by atoms with Crippen LogP contribution in [0.5, 0.6) is 0 Å². The van der Waals surface area contributed by atoms with Crippen LogP contribution in [0.3, 0.4) is 0 Å². The number of hydrogen-bond donors (Lipinski definition) is 0. The maximum atomic E-state index is 11.3. The minimum atomic E-state index is -0.175. The fraction of sp³-hybridized carbons (Fsp3) is 0.571. The highest BCUT2D eigenvalue weighted by Crippen LogP contribution is 2.14. The summed E-state index contributed by atoms with van der Waals surface area (Å²) in [5, 5.41) is 0. The number of imide groups is 1. The molecule has 2 amide bonds. The van der Waals surface area contributed by atoms with Crippen LogP contribution in [0.2, 0.25) is 0 Å². The van der Waals surface area contributed by atoms with Crippen molar-refractivity contribution in [2.45, 2.75) is 40.0 Å². The molecular formula is C14H21NO2. The third kappa shape index (κ3) is 4.55. The van der Waals surface area contributed by atoms with E-state index in [-0.39, 0.29) is 11.8 Å². The topological polar surface area (TPSA) is 37.4 Å². The molecule has 1 atom stereocenters. The molecule has 0 saturated heterocycles. The molecule has 0 aromatic carbocycles. The number of rotatable bonds is 6. The van der Waals surface area contributed by atoms with Gasteiger partial charge < -0.3 is 0 Å². The first-order valence-electron chi connectivity index (χ1n) is 6.17. The lowest BCUT2D eigenvalue weighted by Gasteiger charge is -2.16. The summed E-state index contributed by atoms with van der Waals surface area (Å²) in [4.78, 5) is 23.9. The van der Waals surface area contributed by atoms with E-state index in [1.807, 2.05) is 0 Å². The van der Waals surface area contributed by atoms with E-state index in [4.69, 9.17) is 0 Å². The van der Waals surface area contributed by atoms with Crippen molar-refractivity contribution < 1.29 is 9.59 Å². The summed E-state index contributed by atoms with van der Waals surface area (Å²) >= 11 is 0. The molecule has 0 bridgehead atoms. The fourth-order valence-corrected chi connectivity index (χ4v) is 1.80. The SMILES string of the molecule is CC(C)=CCC[C@H](C)CCN1C(=O)C=CC1=O. The summed E-state index contributed by atoms with van der Waals surface area (Å²) in [6.07, 6.45) is 7.98. The Morgan fingerprint density at radius 1 is 1.24 bits per heavy atom. The van der Waals surface area contributed by atoms with Gasteiger partial charge in [-0.2, -0.15) is 0 Å². The van der Waals surface area contributed by atoms with Crippen molar-refractivity contribution >= 4 is 11.8 Å². The lowest BCUT2D eigenvalue weighted by atomic mass is 10.0. The van der Waals surface area contributed by atoms with Crippen LogP contribution in [-0.2, 0) is 9.59 Å². The van der Waals surface area contributed by atoms with Crippen molar-refractivity contribution in [3.05, 3.63) is 23.8 Å². The molecule has 0 unspecified atom stereocenters. The highest BCUT2D eigenvalue weighted by molar-refractivity contribution is 6.12. The smallest absolute Gasteiger partial charge is 0.253 e. The lowest BCUT2D eigenvalue weighted by Crippen LogP contribution is -2.31. The van der Waals surface area contributed by atoms with Gasteiger partial charge in [0.15, 0.2) is 0 Å². The van der Waals surface area contributed by atoms with E-state index in [9.17, 15) is 9.59 Å². The molecule has 0 radical (unpaired) electrons. The van der Waals surface area contributed by atoms with E-state index in [1.165, 1.54) is 22.6 Å². The van der Waals surface area contributed by atoms with E-state index in [0.717, 1.165) is 19.3 Å². The number of allylic oxidation sites excluding steroid dienone is 2. The van der Waals surface area contributed by atoms with E-state index in [0.29, 0.717) is 12.5 Å². The molecule has 0 fully saturated rings. The van der Waals surface area contributed by atoms with Crippen molar-refractivity contribution in [2.75, 3.05) is 6.54 Å². The third-order valence-electron chi connectivity index (χ3n) is 2.96. The maximum Gasteiger partial charge on any atom is 0.253 e. The molecule has 17 heavy (non-hydrogen) atoms. The highest BCUT2D eigenvalue weighted by Gasteiger charge is 2.22. The predicted molar refractivity (Wildman–Crippen MR) is 68.3 cm³/mol. The van der Waals surface area contributed by atoms with Crippen molar-refractivity contribution in [2.24, 2.45) is 5.92 Å². The van der Waals surface area contributed by atoms with Crippen LogP contribution in [0.1, 0.15) is 40.0 Å². The first-order chi connectivity index (χ1) is 8.00. The van der Waals surface area contributed by atoms with Crippen molar-refractivity contribution in [3.63, 3.8) is 0 Å². The Morgan fingerprint density at radius 3 is 2.35 bits per heavy atom. The van der Waals surface area contributed by atoms with Crippen molar-refractivity contribution in [1.82, 2.24) is 4.90 Å². The predicted octanol–water partition coefficient (Wildman–Crippen LogP) is 2.68. The first-order valence-corrected chi connectivity index (χ1v) is 6.17. The molecular weight excluding hydrogens is 214 g/mol. The normalized spacial score (nSPS) is 16.5. The summed E-state index contributed by atoms with van der Waals surface area (Å²) in [5.41, 5.74) is 1.34. The molecule has 0 N–H and O–H groups in total. The van der Waals surface area contributed by atoms with Gasteiger partial charge in [0, 0.05) is 18.7 Å². The average molecular weight is 235 g/mol. The zero-order valence-electron chi connectivity index (χ0n) is 10.9. The zero-order valence-corrected chi connectivity index (χ0v) is 10.9. The molecule has 94 valence electrons. The molecule has 1 aliphatic heterocycles. The molecule has 3 nitrogen and oxygen atoms in total. The number of carbonyl (C=O) groups excluding carboxylic acids is 2. The number of nitrogens with zero attached hydrogens (tertiary/aromatic N) is 1. The molecule has 0 aromatic rings. The molecule has 3 heteroatoms. The Morgan fingerprint density at radius 2 is 1.82 bits per heavy atom. The first kappa shape index (κ1) is 13.7. The summed E-state index contributed by atoms with van der Waals surface area (Å²) in [6, 6.07) is 0. The second-order valence-electron chi connectivity index (χ2n) is 4.91. The van der Waals surface area contributed by atoms with Gasteiger partial charge in [0.2, 0.25) is 0 Å². The van der Waals surface area contributed by atoms with E-state index >= 15 is 0 Å². The van der Waals surface area contributed by atoms with Gasteiger partial charge >= 0.3 is 0 Å². The second-order valence-corrected chi connectivity index (χ2v) is 4.91. The molecule has 1 aliphatic rings. The standard InChI is InChI=1S/C14H21NO2/c1-11(2)5-4-6-12(3)9-10-15-13(16)7-8-14(15)17/h5,7-8,12H,4,6,9-10H2,1-3H3/t12-/m0/s1. The number of carbonyl (C=O) groups is 2. The summed E-state index contributed by atoms with van der Waals surface area (Å²) in [6.45, 7) is 6.90. The van der Waals surface area contributed by atoms with Crippen LogP contribution >= 0.6 is 0 Å². The molecule has 0 saturated carbocycles. The second kappa shape index (κ2) is 6.38. The van der Waals surface area contributed by atoms with Gasteiger partial charge in [-0.15, -0.1) is 0 Å². The van der Waals surface area contributed by atoms with Gasteiger partial charge in [0.25, 0.3) is 11.8 Å². The summed E-state index contributed by atoms with van der Waals surface area (Å²) in [7, 11) is 0. The summed E-state index contributed by atoms with van der Waals surface area (Å²) in [5.74, 6) is 0.185. The van der Waals surface area contributed by atoms with Crippen LogP contribution < -0.4 is 0 Å². The van der Waals surface area contributed by atoms with Crippen LogP contribution in [0.4, 0.5) is 0 Å². The van der Waals surface area contributed by atoms with Crippen LogP contribution in [-0.4, -0.2) is 23.3 Å². The Kier molecular flexibility index (Phi) is 5.13. The van der Waals surface area contributed by atoms with Crippen LogP contribution in [0.25, 0.3) is 0 Å². The average Bonchev–Trinajstić information content (AvgIpc) is 2.55. The Hall–Kier alpha value is -1.38. The molecule has 0 spiro atoms. The Labute approximate surface area is 103 Å². The van der Waals surface area contributed by atoms with E-state index in [1.54, 1.807) is 0 Å². The van der Waals surface area contributed by atoms with E-state index in [2.05, 4.69) is 26.8 Å². The van der Waals surface area contributed by atoms with E-state index < -0.39 is 0 Å². The van der Waals surface area contributed by atoms with Crippen molar-refractivity contribution in [1.29, 1.82) is 0 Å². The zero-order chi connectivity index (χ0) is 12.8. The molecule has 1 heterocycles. The van der Waals surface area contributed by atoms with Gasteiger partial charge in [-0.3, -0.25) is 14.5 Å².